The highest BCUT2D eigenvalue weighted by Gasteiger charge is 2.16. The number of amides is 1. The normalized spacial score (nSPS) is 11.9. The third kappa shape index (κ3) is 3.85. The van der Waals surface area contributed by atoms with Crippen LogP contribution in [0.5, 0.6) is 0 Å². The predicted molar refractivity (Wildman–Crippen MR) is 87.8 cm³/mol. The van der Waals surface area contributed by atoms with Gasteiger partial charge in [0.25, 0.3) is 5.91 Å². The van der Waals surface area contributed by atoms with Gasteiger partial charge < -0.3 is 14.8 Å². The van der Waals surface area contributed by atoms with Crippen LogP contribution >= 0.6 is 0 Å². The predicted octanol–water partition coefficient (Wildman–Crippen LogP) is 2.13. The molecule has 1 atom stereocenters. The summed E-state index contributed by atoms with van der Waals surface area (Å²) in [4.78, 5) is 11.9. The Morgan fingerprint density at radius 1 is 1.04 bits per heavy atom. The van der Waals surface area contributed by atoms with Gasteiger partial charge in [-0.05, 0) is 17.7 Å². The Hall–Kier alpha value is -2.99. The van der Waals surface area contributed by atoms with Crippen LogP contribution in [0.2, 0.25) is 0 Å². The molecule has 0 saturated carbocycles. The number of aliphatic hydroxyl groups is 1. The van der Waals surface area contributed by atoms with Gasteiger partial charge in [0, 0.05) is 18.5 Å². The summed E-state index contributed by atoms with van der Waals surface area (Å²) in [5.74, 6) is 0.425. The number of nitrogens with zero attached hydrogens (tertiary/aromatic N) is 2. The Morgan fingerprint density at radius 3 is 2.42 bits per heavy atom. The molecule has 3 aromatic rings. The Labute approximate surface area is 139 Å². The first-order valence-corrected chi connectivity index (χ1v) is 7.62. The summed E-state index contributed by atoms with van der Waals surface area (Å²) in [6.45, 7) is 0.305. The monoisotopic (exact) mass is 323 g/mol. The molecule has 0 spiro atoms. The van der Waals surface area contributed by atoms with E-state index in [2.05, 4.69) is 15.5 Å². The molecule has 6 heteroatoms. The van der Waals surface area contributed by atoms with Gasteiger partial charge in [0.05, 0.1) is 0 Å². The lowest BCUT2D eigenvalue weighted by Crippen LogP contribution is -2.31. The molecule has 0 radical (unpaired) electrons. The van der Waals surface area contributed by atoms with Gasteiger partial charge in [0.15, 0.2) is 6.10 Å². The highest BCUT2D eigenvalue weighted by atomic mass is 16.4. The Kier molecular flexibility index (Phi) is 4.98. The summed E-state index contributed by atoms with van der Waals surface area (Å²) in [6, 6.07) is 18.2. The number of carbonyl (C=O) groups excluding carboxylic acids is 1. The highest BCUT2D eigenvalue weighted by molar-refractivity contribution is 5.81. The van der Waals surface area contributed by atoms with E-state index in [1.54, 1.807) is 24.3 Å². The molecule has 122 valence electrons. The molecule has 1 aromatic heterocycles. The summed E-state index contributed by atoms with van der Waals surface area (Å²) in [6.07, 6.45) is -0.790. The maximum Gasteiger partial charge on any atom is 0.253 e. The fourth-order valence-electron chi connectivity index (χ4n) is 2.23. The summed E-state index contributed by atoms with van der Waals surface area (Å²) in [7, 11) is 0. The van der Waals surface area contributed by atoms with E-state index in [1.165, 1.54) is 0 Å². The molecule has 1 amide bonds. The van der Waals surface area contributed by atoms with E-state index in [-0.39, 0.29) is 0 Å². The van der Waals surface area contributed by atoms with Crippen molar-refractivity contribution in [3.63, 3.8) is 0 Å². The van der Waals surface area contributed by atoms with Crippen LogP contribution in [0.4, 0.5) is 0 Å². The molecule has 6 nitrogen and oxygen atoms in total. The van der Waals surface area contributed by atoms with Gasteiger partial charge >= 0.3 is 0 Å². The molecule has 24 heavy (non-hydrogen) atoms. The lowest BCUT2D eigenvalue weighted by atomic mass is 10.1. The van der Waals surface area contributed by atoms with E-state index >= 15 is 0 Å². The van der Waals surface area contributed by atoms with Crippen molar-refractivity contribution in [3.8, 4) is 11.5 Å². The van der Waals surface area contributed by atoms with Crippen LogP contribution in [0.1, 0.15) is 17.6 Å². The van der Waals surface area contributed by atoms with E-state index in [0.29, 0.717) is 30.3 Å². The first kappa shape index (κ1) is 15.9. The van der Waals surface area contributed by atoms with Crippen molar-refractivity contribution >= 4 is 5.91 Å². The molecule has 0 fully saturated rings. The van der Waals surface area contributed by atoms with E-state index < -0.39 is 12.0 Å². The summed E-state index contributed by atoms with van der Waals surface area (Å²) in [5, 5.41) is 20.6. The maximum atomic E-state index is 11.9. The number of nitrogens with one attached hydrogen (secondary N) is 1. The quantitative estimate of drug-likeness (QED) is 0.725. The van der Waals surface area contributed by atoms with E-state index in [0.717, 1.165) is 5.56 Å². The number of hydrogen-bond acceptors (Lipinski definition) is 5. The molecule has 0 saturated heterocycles. The van der Waals surface area contributed by atoms with Gasteiger partial charge in [-0.3, -0.25) is 4.79 Å². The fourth-order valence-corrected chi connectivity index (χ4v) is 2.23. The van der Waals surface area contributed by atoms with Crippen molar-refractivity contribution in [2.75, 3.05) is 6.54 Å². The molecule has 2 aromatic carbocycles. The summed E-state index contributed by atoms with van der Waals surface area (Å²) >= 11 is 0. The summed E-state index contributed by atoms with van der Waals surface area (Å²) < 4.78 is 5.56. The average Bonchev–Trinajstić information content (AvgIpc) is 3.11. The second-order valence-electron chi connectivity index (χ2n) is 5.22. The van der Waals surface area contributed by atoms with E-state index in [4.69, 9.17) is 4.42 Å². The van der Waals surface area contributed by atoms with Gasteiger partial charge in [-0.25, -0.2) is 0 Å². The van der Waals surface area contributed by atoms with Crippen molar-refractivity contribution in [1.29, 1.82) is 0 Å². The molecule has 1 unspecified atom stereocenters. The molecule has 1 heterocycles. The zero-order chi connectivity index (χ0) is 16.8. The topological polar surface area (TPSA) is 88.3 Å². The lowest BCUT2D eigenvalue weighted by Gasteiger charge is -2.10. The Morgan fingerprint density at radius 2 is 1.71 bits per heavy atom. The number of hydrogen-bond donors (Lipinski definition) is 2. The van der Waals surface area contributed by atoms with Gasteiger partial charge in [0.2, 0.25) is 11.8 Å². The number of rotatable bonds is 6. The van der Waals surface area contributed by atoms with Crippen molar-refractivity contribution in [1.82, 2.24) is 15.5 Å². The van der Waals surface area contributed by atoms with Crippen molar-refractivity contribution in [2.24, 2.45) is 0 Å². The van der Waals surface area contributed by atoms with Gasteiger partial charge in [0.1, 0.15) is 0 Å². The van der Waals surface area contributed by atoms with Crippen LogP contribution in [0.25, 0.3) is 11.5 Å². The largest absolute Gasteiger partial charge is 0.421 e. The molecule has 0 aliphatic heterocycles. The molecule has 0 aliphatic carbocycles. The molecule has 0 aliphatic rings. The molecule has 3 rings (SSSR count). The fraction of sp³-hybridized carbons (Fsp3) is 0.167. The van der Waals surface area contributed by atoms with Gasteiger partial charge in [-0.15, -0.1) is 10.2 Å². The zero-order valence-electron chi connectivity index (χ0n) is 12.9. The summed E-state index contributed by atoms with van der Waals surface area (Å²) in [5.41, 5.74) is 1.40. The minimum Gasteiger partial charge on any atom is -0.421 e. The number of aliphatic hydroxyl groups excluding tert-OH is 1. The lowest BCUT2D eigenvalue weighted by molar-refractivity contribution is -0.129. The Balaban J connectivity index is 1.52. The smallest absolute Gasteiger partial charge is 0.253 e. The van der Waals surface area contributed by atoms with E-state index in [9.17, 15) is 9.90 Å². The molecular formula is C18H17N3O3. The van der Waals surface area contributed by atoms with Crippen molar-refractivity contribution in [3.05, 3.63) is 72.1 Å². The van der Waals surface area contributed by atoms with Crippen molar-refractivity contribution < 1.29 is 14.3 Å². The SMILES string of the molecule is O=C(NCCc1nnc(-c2ccccc2)o1)C(O)c1ccccc1. The maximum absolute atomic E-state index is 11.9. The second-order valence-corrected chi connectivity index (χ2v) is 5.22. The molecule has 2 N–H and O–H groups in total. The van der Waals surface area contributed by atoms with Crippen LogP contribution in [-0.4, -0.2) is 27.8 Å². The van der Waals surface area contributed by atoms with Crippen LogP contribution in [0.15, 0.2) is 65.1 Å². The van der Waals surface area contributed by atoms with Crippen LogP contribution in [-0.2, 0) is 11.2 Å². The van der Waals surface area contributed by atoms with Gasteiger partial charge in [-0.2, -0.15) is 0 Å². The standard InChI is InChI=1S/C18H17N3O3/c22-16(13-7-3-1-4-8-13)17(23)19-12-11-15-20-21-18(24-15)14-9-5-2-6-10-14/h1-10,16,22H,11-12H2,(H,19,23). The second kappa shape index (κ2) is 7.52. The first-order chi connectivity index (χ1) is 11.7. The van der Waals surface area contributed by atoms with Crippen molar-refractivity contribution in [2.45, 2.75) is 12.5 Å². The highest BCUT2D eigenvalue weighted by Crippen LogP contribution is 2.17. The third-order valence-electron chi connectivity index (χ3n) is 3.49. The van der Waals surface area contributed by atoms with Crippen LogP contribution < -0.4 is 5.32 Å². The first-order valence-electron chi connectivity index (χ1n) is 7.62. The van der Waals surface area contributed by atoms with Crippen LogP contribution in [0.3, 0.4) is 0 Å². The van der Waals surface area contributed by atoms with E-state index in [1.807, 2.05) is 36.4 Å². The van der Waals surface area contributed by atoms with Crippen LogP contribution in [0, 0.1) is 0 Å². The number of carbonyl (C=O) groups is 1. The Bertz CT molecular complexity index is 788. The molecular weight excluding hydrogens is 306 g/mol. The molecule has 0 bridgehead atoms. The number of aromatic nitrogens is 2. The minimum absolute atomic E-state index is 0.305. The minimum atomic E-state index is -1.19. The van der Waals surface area contributed by atoms with Gasteiger partial charge in [-0.1, -0.05) is 48.5 Å². The third-order valence-corrected chi connectivity index (χ3v) is 3.49. The number of benzene rings is 2. The zero-order valence-corrected chi connectivity index (χ0v) is 12.9. The average molecular weight is 323 g/mol.